The predicted octanol–water partition coefficient (Wildman–Crippen LogP) is 1.61. The summed E-state index contributed by atoms with van der Waals surface area (Å²) >= 11 is 11.2. The Morgan fingerprint density at radius 2 is 1.62 bits per heavy atom. The summed E-state index contributed by atoms with van der Waals surface area (Å²) in [5, 5.41) is 0. The Hall–Kier alpha value is 0.974. The van der Waals surface area contributed by atoms with Crippen LogP contribution in [0.2, 0.25) is 19.6 Å². The van der Waals surface area contributed by atoms with Gasteiger partial charge in [-0.3, -0.25) is 0 Å². The molecular weight excluding hydrogens is 177 g/mol. The average molecular weight is 188 g/mol. The van der Waals surface area contributed by atoms with Gasteiger partial charge in [0, 0.05) is 0 Å². The molecule has 0 aliphatic carbocycles. The van der Waals surface area contributed by atoms with Crippen molar-refractivity contribution in [3.05, 3.63) is 0 Å². The van der Waals surface area contributed by atoms with Crippen molar-refractivity contribution < 1.29 is 0 Å². The van der Waals surface area contributed by atoms with E-state index in [4.69, 9.17) is 22.2 Å². The van der Waals surface area contributed by atoms with Gasteiger partial charge < -0.3 is 4.65 Å². The van der Waals surface area contributed by atoms with Gasteiger partial charge >= 0.3 is 7.58 Å². The maximum absolute atomic E-state index is 5.59. The Morgan fingerprint density at radius 3 is 1.62 bits per heavy atom. The van der Waals surface area contributed by atoms with Crippen LogP contribution >= 0.6 is 22.2 Å². The normalized spacial score (nSPS) is 12.8. The SMILES string of the molecule is C[Si](C)(C)N[SiH](Cl)Cl. The third-order valence-corrected chi connectivity index (χ3v) is 6.84. The Bertz CT molecular complexity index is 70.2. The van der Waals surface area contributed by atoms with Gasteiger partial charge in [0.05, 0.1) is 0 Å². The van der Waals surface area contributed by atoms with Gasteiger partial charge in [-0.25, -0.2) is 0 Å². The van der Waals surface area contributed by atoms with E-state index in [-0.39, 0.29) is 0 Å². The zero-order valence-electron chi connectivity index (χ0n) is 5.33. The first kappa shape index (κ1) is 8.97. The van der Waals surface area contributed by atoms with E-state index in [1.165, 1.54) is 0 Å². The molecule has 0 spiro atoms. The fraction of sp³-hybridized carbons (Fsp3) is 1.00. The lowest BCUT2D eigenvalue weighted by atomic mass is 11.8. The lowest BCUT2D eigenvalue weighted by Gasteiger charge is -2.17. The van der Waals surface area contributed by atoms with E-state index in [0.717, 1.165) is 0 Å². The Kier molecular flexibility index (Phi) is 3.61. The molecule has 0 aliphatic heterocycles. The van der Waals surface area contributed by atoms with E-state index in [1.54, 1.807) is 0 Å². The molecule has 0 fully saturated rings. The van der Waals surface area contributed by atoms with E-state index in [0.29, 0.717) is 0 Å². The second kappa shape index (κ2) is 3.22. The molecular formula is C3H11Cl2NSi2. The number of hydrogen-bond donors (Lipinski definition) is 1. The lowest BCUT2D eigenvalue weighted by Crippen LogP contribution is -2.45. The predicted molar refractivity (Wildman–Crippen MR) is 45.3 cm³/mol. The number of hydrogen-bond acceptors (Lipinski definition) is 1. The third-order valence-electron chi connectivity index (χ3n) is 0.542. The molecule has 0 aromatic carbocycles. The highest BCUT2D eigenvalue weighted by Gasteiger charge is 2.16. The van der Waals surface area contributed by atoms with Crippen molar-refractivity contribution in [1.29, 1.82) is 0 Å². The topological polar surface area (TPSA) is 12.0 Å². The molecule has 0 aromatic heterocycles. The van der Waals surface area contributed by atoms with Crippen molar-refractivity contribution in [2.75, 3.05) is 0 Å². The summed E-state index contributed by atoms with van der Waals surface area (Å²) in [4.78, 5) is 0. The Balaban J connectivity index is 3.39. The highest BCUT2D eigenvalue weighted by atomic mass is 35.7. The minimum Gasteiger partial charge on any atom is -0.338 e. The molecule has 0 aliphatic rings. The van der Waals surface area contributed by atoms with Crippen molar-refractivity contribution >= 4 is 38.0 Å². The van der Waals surface area contributed by atoms with Crippen molar-refractivity contribution in [2.45, 2.75) is 19.6 Å². The summed E-state index contributed by atoms with van der Waals surface area (Å²) < 4.78 is 3.19. The fourth-order valence-corrected chi connectivity index (χ4v) is 8.84. The van der Waals surface area contributed by atoms with Crippen LogP contribution in [0.1, 0.15) is 0 Å². The highest BCUT2D eigenvalue weighted by Crippen LogP contribution is 1.99. The molecule has 0 unspecified atom stereocenters. The van der Waals surface area contributed by atoms with Gasteiger partial charge in [-0.1, -0.05) is 19.6 Å². The number of nitrogens with one attached hydrogen (secondary N) is 1. The lowest BCUT2D eigenvalue weighted by molar-refractivity contribution is 1.42. The second-order valence-corrected chi connectivity index (χ2v) is 12.2. The van der Waals surface area contributed by atoms with Gasteiger partial charge in [-0.05, 0) is 0 Å². The van der Waals surface area contributed by atoms with Crippen LogP contribution in [-0.4, -0.2) is 15.8 Å². The van der Waals surface area contributed by atoms with Gasteiger partial charge in [0.15, 0.2) is 0 Å². The van der Waals surface area contributed by atoms with Crippen molar-refractivity contribution in [3.63, 3.8) is 0 Å². The molecule has 0 heterocycles. The maximum Gasteiger partial charge on any atom is 0.300 e. The molecule has 0 atom stereocenters. The van der Waals surface area contributed by atoms with E-state index >= 15 is 0 Å². The van der Waals surface area contributed by atoms with E-state index in [1.807, 2.05) is 0 Å². The van der Waals surface area contributed by atoms with Crippen molar-refractivity contribution in [1.82, 2.24) is 4.65 Å². The Morgan fingerprint density at radius 1 is 1.25 bits per heavy atom. The van der Waals surface area contributed by atoms with Crippen molar-refractivity contribution in [3.8, 4) is 0 Å². The first-order valence-electron chi connectivity index (χ1n) is 2.48. The smallest absolute Gasteiger partial charge is 0.300 e. The van der Waals surface area contributed by atoms with E-state index in [9.17, 15) is 0 Å². The van der Waals surface area contributed by atoms with Gasteiger partial charge in [-0.15, -0.1) is 22.2 Å². The van der Waals surface area contributed by atoms with Gasteiger partial charge in [0.1, 0.15) is 8.24 Å². The van der Waals surface area contributed by atoms with Gasteiger partial charge in [0.2, 0.25) is 0 Å². The molecule has 0 bridgehead atoms. The largest absolute Gasteiger partial charge is 0.338 e. The van der Waals surface area contributed by atoms with Gasteiger partial charge in [-0.2, -0.15) is 0 Å². The molecule has 0 amide bonds. The first-order chi connectivity index (χ1) is 3.42. The van der Waals surface area contributed by atoms with Crippen LogP contribution in [0, 0.1) is 0 Å². The summed E-state index contributed by atoms with van der Waals surface area (Å²) in [5.41, 5.74) is 0. The van der Waals surface area contributed by atoms with E-state index < -0.39 is 15.8 Å². The zero-order valence-corrected chi connectivity index (χ0v) is 9.00. The first-order valence-corrected chi connectivity index (χ1v) is 10.0. The molecule has 50 valence electrons. The molecule has 0 saturated carbocycles. The minimum absolute atomic E-state index is 1.17. The fourth-order valence-electron chi connectivity index (χ4n) is 0.327. The molecule has 8 heavy (non-hydrogen) atoms. The third kappa shape index (κ3) is 6.97. The molecule has 0 rings (SSSR count). The van der Waals surface area contributed by atoms with E-state index in [2.05, 4.69) is 24.3 Å². The monoisotopic (exact) mass is 187 g/mol. The standard InChI is InChI=1S/C3H11Cl2NSi2/c1-8(2,3)6-7(4)5/h6-7H,1-3H3. The molecule has 5 heteroatoms. The average Bonchev–Trinajstić information content (AvgIpc) is 1.21. The molecule has 0 saturated heterocycles. The zero-order chi connectivity index (χ0) is 6.78. The number of halogens is 2. The molecule has 1 nitrogen and oxygen atoms in total. The van der Waals surface area contributed by atoms with Crippen LogP contribution in [0.3, 0.4) is 0 Å². The van der Waals surface area contributed by atoms with Crippen LogP contribution in [-0.2, 0) is 0 Å². The summed E-state index contributed by atoms with van der Waals surface area (Å²) in [6, 6.07) is 0. The maximum atomic E-state index is 5.59. The van der Waals surface area contributed by atoms with Crippen LogP contribution in [0.15, 0.2) is 0 Å². The van der Waals surface area contributed by atoms with Crippen LogP contribution < -0.4 is 4.65 Å². The summed E-state index contributed by atoms with van der Waals surface area (Å²) in [7, 11) is -2.71. The summed E-state index contributed by atoms with van der Waals surface area (Å²) in [6.07, 6.45) is 0. The van der Waals surface area contributed by atoms with Crippen LogP contribution in [0.4, 0.5) is 0 Å². The molecule has 1 N–H and O–H groups in total. The van der Waals surface area contributed by atoms with Gasteiger partial charge in [0.25, 0.3) is 0 Å². The molecule has 0 radical (unpaired) electrons. The Labute approximate surface area is 62.6 Å². The summed E-state index contributed by atoms with van der Waals surface area (Å²) in [5.74, 6) is 0. The number of rotatable bonds is 2. The molecule has 0 aromatic rings. The minimum atomic E-state index is -1.54. The highest BCUT2D eigenvalue weighted by molar-refractivity contribution is 7.34. The van der Waals surface area contributed by atoms with Crippen LogP contribution in [0.25, 0.3) is 0 Å². The second-order valence-electron chi connectivity index (χ2n) is 2.70. The quantitative estimate of drug-likeness (QED) is 0.512. The summed E-state index contributed by atoms with van der Waals surface area (Å²) in [6.45, 7) is 6.54. The van der Waals surface area contributed by atoms with Crippen molar-refractivity contribution in [2.24, 2.45) is 0 Å². The van der Waals surface area contributed by atoms with Crippen LogP contribution in [0.5, 0.6) is 0 Å².